The Balaban J connectivity index is 1.63. The Hall–Kier alpha value is -1.19. The normalized spacial score (nSPS) is 46.5. The number of carbonyl (C=O) groups excluding carboxylic acids is 2. The Kier molecular flexibility index (Phi) is 4.99. The number of hydrogen-bond donors (Lipinski definition) is 1. The summed E-state index contributed by atoms with van der Waals surface area (Å²) in [5, 5.41) is 9.07. The van der Waals surface area contributed by atoms with Gasteiger partial charge in [0.2, 0.25) is 0 Å². The van der Waals surface area contributed by atoms with Crippen LogP contribution in [0.15, 0.2) is 0 Å². The molecule has 0 spiro atoms. The van der Waals surface area contributed by atoms with E-state index in [1.54, 1.807) is 0 Å². The van der Waals surface area contributed by atoms with Crippen LogP contribution in [0.3, 0.4) is 0 Å². The fourth-order valence-electron chi connectivity index (χ4n) is 8.29. The van der Waals surface area contributed by atoms with E-state index < -0.39 is 5.97 Å². The first kappa shape index (κ1) is 20.1. The predicted molar refractivity (Wildman–Crippen MR) is 107 cm³/mol. The number of Topliss-reactive ketones (excluding diaryl/α,β-unsaturated/α-hetero) is 2. The molecule has 4 aliphatic rings. The quantitative estimate of drug-likeness (QED) is 0.744. The van der Waals surface area contributed by atoms with Crippen LogP contribution in [-0.4, -0.2) is 22.6 Å². The zero-order valence-corrected chi connectivity index (χ0v) is 17.7. The summed E-state index contributed by atoms with van der Waals surface area (Å²) in [5.74, 6) is 1.15. The molecule has 0 saturated heterocycles. The van der Waals surface area contributed by atoms with Crippen molar-refractivity contribution in [3.8, 4) is 0 Å². The number of carboxylic acids is 1. The van der Waals surface area contributed by atoms with Gasteiger partial charge in [-0.2, -0.15) is 0 Å². The van der Waals surface area contributed by atoms with Crippen LogP contribution in [0.1, 0.15) is 85.0 Å². The summed E-state index contributed by atoms with van der Waals surface area (Å²) in [5.41, 5.74) is -0.119. The lowest BCUT2D eigenvalue weighted by Crippen LogP contribution is -2.60. The van der Waals surface area contributed by atoms with E-state index in [0.29, 0.717) is 48.6 Å². The van der Waals surface area contributed by atoms with Gasteiger partial charge in [-0.05, 0) is 66.6 Å². The highest BCUT2D eigenvalue weighted by molar-refractivity contribution is 5.94. The zero-order valence-electron chi connectivity index (χ0n) is 17.7. The molecule has 156 valence electrons. The second-order valence-electron chi connectivity index (χ2n) is 11.0. The molecule has 0 amide bonds. The van der Waals surface area contributed by atoms with E-state index in [9.17, 15) is 14.4 Å². The van der Waals surface area contributed by atoms with Gasteiger partial charge in [0.05, 0.1) is 0 Å². The maximum absolute atomic E-state index is 13.6. The molecule has 4 fully saturated rings. The molecule has 4 saturated carbocycles. The highest BCUT2D eigenvalue weighted by Gasteiger charge is 2.65. The van der Waals surface area contributed by atoms with Crippen molar-refractivity contribution in [3.05, 3.63) is 0 Å². The van der Waals surface area contributed by atoms with Gasteiger partial charge in [-0.25, -0.2) is 0 Å². The molecular weight excluding hydrogens is 352 g/mol. The Morgan fingerprint density at radius 3 is 2.57 bits per heavy atom. The molecule has 4 rings (SSSR count). The molecular formula is C24H36O4. The van der Waals surface area contributed by atoms with Crippen LogP contribution in [-0.2, 0) is 14.4 Å². The number of fused-ring (bicyclic) bond motifs is 5. The van der Waals surface area contributed by atoms with Gasteiger partial charge in [0.1, 0.15) is 11.6 Å². The number of aliphatic carboxylic acids is 1. The number of hydrogen-bond acceptors (Lipinski definition) is 3. The molecule has 0 aromatic rings. The molecule has 0 aliphatic heterocycles. The minimum absolute atomic E-state index is 0.0161. The highest BCUT2D eigenvalue weighted by Crippen LogP contribution is 2.66. The Labute approximate surface area is 168 Å². The molecule has 4 aliphatic carbocycles. The standard InChI is InChI=1S/C24H36O4/c1-14(7-10-20(27)28)16-8-9-17-21-18(25)12-15-6-4-5-11-23(15,2)22(21)19(26)13-24(16,17)3/h14-17,21-22H,4-13H2,1-3H3,(H,27,28)/t14-,15?,16?,17?,21?,22?,23?,24?/m1/s1. The monoisotopic (exact) mass is 388 g/mol. The summed E-state index contributed by atoms with van der Waals surface area (Å²) in [4.78, 5) is 37.9. The van der Waals surface area contributed by atoms with Gasteiger partial charge >= 0.3 is 5.97 Å². The Bertz CT molecular complexity index is 684. The molecule has 0 aromatic heterocycles. The van der Waals surface area contributed by atoms with Crippen molar-refractivity contribution < 1.29 is 19.5 Å². The number of carbonyl (C=O) groups is 3. The van der Waals surface area contributed by atoms with Gasteiger partial charge in [0.15, 0.2) is 0 Å². The van der Waals surface area contributed by atoms with Crippen LogP contribution in [0, 0.1) is 46.3 Å². The predicted octanol–water partition coefficient (Wildman–Crippen LogP) is 4.89. The van der Waals surface area contributed by atoms with E-state index in [-0.39, 0.29) is 35.0 Å². The van der Waals surface area contributed by atoms with Gasteiger partial charge in [-0.1, -0.05) is 33.6 Å². The zero-order chi connectivity index (χ0) is 20.3. The minimum atomic E-state index is -0.745. The van der Waals surface area contributed by atoms with E-state index in [2.05, 4.69) is 20.8 Å². The van der Waals surface area contributed by atoms with Crippen molar-refractivity contribution in [1.29, 1.82) is 0 Å². The molecule has 7 unspecified atom stereocenters. The van der Waals surface area contributed by atoms with Gasteiger partial charge in [0, 0.05) is 31.1 Å². The van der Waals surface area contributed by atoms with Crippen LogP contribution in [0.25, 0.3) is 0 Å². The molecule has 0 heterocycles. The first-order chi connectivity index (χ1) is 13.2. The fourth-order valence-corrected chi connectivity index (χ4v) is 8.29. The summed E-state index contributed by atoms with van der Waals surface area (Å²) in [7, 11) is 0. The summed E-state index contributed by atoms with van der Waals surface area (Å²) in [6.07, 6.45) is 8.78. The molecule has 1 N–H and O–H groups in total. The van der Waals surface area contributed by atoms with E-state index in [4.69, 9.17) is 5.11 Å². The molecule has 0 radical (unpaired) electrons. The first-order valence-electron chi connectivity index (χ1n) is 11.5. The molecule has 0 bridgehead atoms. The molecule has 8 atom stereocenters. The Morgan fingerprint density at radius 1 is 1.11 bits per heavy atom. The number of carboxylic acid groups (broad SMARTS) is 1. The average molecular weight is 389 g/mol. The van der Waals surface area contributed by atoms with Crippen LogP contribution in [0.5, 0.6) is 0 Å². The second-order valence-corrected chi connectivity index (χ2v) is 11.0. The molecule has 0 aromatic carbocycles. The largest absolute Gasteiger partial charge is 0.481 e. The van der Waals surface area contributed by atoms with Crippen LogP contribution in [0.2, 0.25) is 0 Å². The summed E-state index contributed by atoms with van der Waals surface area (Å²) < 4.78 is 0. The summed E-state index contributed by atoms with van der Waals surface area (Å²) in [6.45, 7) is 6.70. The lowest BCUT2D eigenvalue weighted by Gasteiger charge is -2.58. The molecule has 28 heavy (non-hydrogen) atoms. The number of rotatable bonds is 4. The molecule has 4 heteroatoms. The third-order valence-electron chi connectivity index (χ3n) is 9.66. The van der Waals surface area contributed by atoms with E-state index in [1.807, 2.05) is 0 Å². The van der Waals surface area contributed by atoms with Crippen molar-refractivity contribution in [2.45, 2.75) is 85.0 Å². The van der Waals surface area contributed by atoms with Gasteiger partial charge in [-0.15, -0.1) is 0 Å². The second kappa shape index (κ2) is 6.95. The van der Waals surface area contributed by atoms with Crippen molar-refractivity contribution in [2.24, 2.45) is 46.3 Å². The fraction of sp³-hybridized carbons (Fsp3) is 0.875. The minimum Gasteiger partial charge on any atom is -0.481 e. The lowest BCUT2D eigenvalue weighted by molar-refractivity contribution is -0.168. The van der Waals surface area contributed by atoms with Crippen molar-refractivity contribution >= 4 is 17.5 Å². The van der Waals surface area contributed by atoms with Crippen molar-refractivity contribution in [2.75, 3.05) is 0 Å². The first-order valence-corrected chi connectivity index (χ1v) is 11.5. The van der Waals surface area contributed by atoms with Crippen LogP contribution < -0.4 is 0 Å². The van der Waals surface area contributed by atoms with E-state index in [0.717, 1.165) is 25.7 Å². The van der Waals surface area contributed by atoms with Crippen LogP contribution in [0.4, 0.5) is 0 Å². The van der Waals surface area contributed by atoms with Gasteiger partial charge in [0.25, 0.3) is 0 Å². The Morgan fingerprint density at radius 2 is 1.86 bits per heavy atom. The summed E-state index contributed by atoms with van der Waals surface area (Å²) >= 11 is 0. The highest BCUT2D eigenvalue weighted by atomic mass is 16.4. The average Bonchev–Trinajstić information content (AvgIpc) is 2.96. The number of ketones is 2. The summed E-state index contributed by atoms with van der Waals surface area (Å²) in [6, 6.07) is 0. The maximum Gasteiger partial charge on any atom is 0.303 e. The molecule has 4 nitrogen and oxygen atoms in total. The SMILES string of the molecule is C[C@H](CCC(=O)O)C1CCC2C3C(=O)CC4CCCCC4(C)C3C(=O)CC21C. The van der Waals surface area contributed by atoms with Crippen molar-refractivity contribution in [3.63, 3.8) is 0 Å². The van der Waals surface area contributed by atoms with Gasteiger partial charge in [-0.3, -0.25) is 14.4 Å². The third-order valence-corrected chi connectivity index (χ3v) is 9.66. The maximum atomic E-state index is 13.6. The smallest absolute Gasteiger partial charge is 0.303 e. The third kappa shape index (κ3) is 2.89. The van der Waals surface area contributed by atoms with E-state index in [1.165, 1.54) is 12.8 Å². The van der Waals surface area contributed by atoms with Crippen LogP contribution >= 0.6 is 0 Å². The lowest BCUT2D eigenvalue weighted by atomic mass is 9.44. The van der Waals surface area contributed by atoms with Crippen molar-refractivity contribution in [1.82, 2.24) is 0 Å². The topological polar surface area (TPSA) is 71.4 Å². The van der Waals surface area contributed by atoms with E-state index >= 15 is 0 Å². The van der Waals surface area contributed by atoms with Gasteiger partial charge < -0.3 is 5.11 Å².